The average molecular weight is 391 g/mol. The Kier molecular flexibility index (Phi) is 6.12. The minimum Gasteiger partial charge on any atom is -0.368 e. The van der Waals surface area contributed by atoms with Crippen LogP contribution in [-0.2, 0) is 20.8 Å². The summed E-state index contributed by atoms with van der Waals surface area (Å²) in [6, 6.07) is -2.74. The molecule has 0 bridgehead atoms. The van der Waals surface area contributed by atoms with E-state index in [0.717, 1.165) is 0 Å². The van der Waals surface area contributed by atoms with Gasteiger partial charge in [0.15, 0.2) is 0 Å². The summed E-state index contributed by atoms with van der Waals surface area (Å²) in [4.78, 5) is 57.5. The Labute approximate surface area is 161 Å². The van der Waals surface area contributed by atoms with Crippen molar-refractivity contribution in [2.75, 3.05) is 13.1 Å². The Morgan fingerprint density at radius 3 is 2.86 bits per heavy atom. The van der Waals surface area contributed by atoms with Crippen LogP contribution in [0.5, 0.6) is 0 Å². The number of nitrogens with zero attached hydrogens (tertiary/aromatic N) is 2. The maximum Gasteiger partial charge on any atom is 0.315 e. The van der Waals surface area contributed by atoms with Gasteiger partial charge in [0.1, 0.15) is 18.1 Å². The van der Waals surface area contributed by atoms with Crippen molar-refractivity contribution in [1.29, 1.82) is 0 Å². The van der Waals surface area contributed by atoms with Crippen molar-refractivity contribution in [3.05, 3.63) is 18.2 Å². The lowest BCUT2D eigenvalue weighted by molar-refractivity contribution is -0.140. The Balaban J connectivity index is 1.74. The Morgan fingerprint density at radius 1 is 1.32 bits per heavy atom. The monoisotopic (exact) mass is 391 g/mol. The van der Waals surface area contributed by atoms with E-state index in [-0.39, 0.29) is 12.3 Å². The van der Waals surface area contributed by atoms with Gasteiger partial charge in [-0.3, -0.25) is 14.4 Å². The van der Waals surface area contributed by atoms with Crippen molar-refractivity contribution < 1.29 is 19.2 Å². The lowest BCUT2D eigenvalue weighted by Crippen LogP contribution is -2.57. The highest BCUT2D eigenvalue weighted by Crippen LogP contribution is 2.19. The number of carbonyl (C=O) groups is 4. The molecule has 1 unspecified atom stereocenters. The third-order valence-corrected chi connectivity index (χ3v) is 5.02. The summed E-state index contributed by atoms with van der Waals surface area (Å²) in [5.74, 6) is -1.38. The largest absolute Gasteiger partial charge is 0.368 e. The van der Waals surface area contributed by atoms with Crippen LogP contribution in [0.2, 0.25) is 0 Å². The molecule has 0 radical (unpaired) electrons. The zero-order chi connectivity index (χ0) is 20.1. The lowest BCUT2D eigenvalue weighted by atomic mass is 10.1. The van der Waals surface area contributed by atoms with Crippen LogP contribution >= 0.6 is 0 Å². The number of aromatic amines is 1. The van der Waals surface area contributed by atoms with Gasteiger partial charge in [-0.1, -0.05) is 0 Å². The molecule has 152 valence electrons. The van der Waals surface area contributed by atoms with E-state index in [2.05, 4.69) is 25.9 Å². The molecule has 0 aliphatic carbocycles. The molecule has 28 heavy (non-hydrogen) atoms. The Morgan fingerprint density at radius 2 is 2.14 bits per heavy atom. The molecule has 5 amide bonds. The molecule has 0 saturated carbocycles. The number of hydrogen-bond donors (Lipinski definition) is 5. The molecule has 1 aromatic heterocycles. The minimum absolute atomic E-state index is 0.162. The van der Waals surface area contributed by atoms with Gasteiger partial charge in [-0.15, -0.1) is 0 Å². The third kappa shape index (κ3) is 4.59. The molecule has 2 fully saturated rings. The number of urea groups is 1. The second kappa shape index (κ2) is 8.72. The summed E-state index contributed by atoms with van der Waals surface area (Å²) in [7, 11) is 0. The van der Waals surface area contributed by atoms with Crippen molar-refractivity contribution in [2.45, 2.75) is 50.2 Å². The molecule has 1 aromatic rings. The van der Waals surface area contributed by atoms with E-state index >= 15 is 0 Å². The molecule has 2 saturated heterocycles. The highest BCUT2D eigenvalue weighted by molar-refractivity contribution is 5.94. The van der Waals surface area contributed by atoms with E-state index < -0.39 is 36.0 Å². The molecular weight excluding hydrogens is 366 g/mol. The van der Waals surface area contributed by atoms with Crippen LogP contribution in [0.25, 0.3) is 0 Å². The molecule has 3 atom stereocenters. The highest BCUT2D eigenvalue weighted by Gasteiger charge is 2.37. The number of aromatic nitrogens is 2. The fourth-order valence-electron chi connectivity index (χ4n) is 3.60. The maximum absolute atomic E-state index is 13.1. The van der Waals surface area contributed by atoms with Crippen LogP contribution in [0, 0.1) is 0 Å². The number of imidazole rings is 1. The Hall–Kier alpha value is -3.11. The van der Waals surface area contributed by atoms with Crippen LogP contribution in [0.1, 0.15) is 31.4 Å². The van der Waals surface area contributed by atoms with Crippen LogP contribution in [0.3, 0.4) is 0 Å². The molecular formula is C17H25N7O4. The number of amides is 5. The molecule has 11 nitrogen and oxygen atoms in total. The maximum atomic E-state index is 13.1. The fourth-order valence-corrected chi connectivity index (χ4v) is 3.60. The molecule has 2 aliphatic heterocycles. The number of nitrogens with two attached hydrogens (primary N) is 1. The molecule has 3 heterocycles. The second-order valence-electron chi connectivity index (χ2n) is 7.01. The predicted molar refractivity (Wildman–Crippen MR) is 97.7 cm³/mol. The normalized spacial score (nSPS) is 23.3. The van der Waals surface area contributed by atoms with E-state index in [9.17, 15) is 19.2 Å². The van der Waals surface area contributed by atoms with Gasteiger partial charge in [0.05, 0.1) is 12.0 Å². The fraction of sp³-hybridized carbons (Fsp3) is 0.588. The first-order chi connectivity index (χ1) is 13.5. The molecule has 0 aromatic carbocycles. The number of likely N-dealkylation sites (tertiary alicyclic amines) is 1. The second-order valence-corrected chi connectivity index (χ2v) is 7.01. The van der Waals surface area contributed by atoms with Crippen LogP contribution in [-0.4, -0.2) is 69.8 Å². The van der Waals surface area contributed by atoms with Gasteiger partial charge in [-0.05, 0) is 25.7 Å². The van der Waals surface area contributed by atoms with Gasteiger partial charge >= 0.3 is 6.03 Å². The first-order valence-corrected chi connectivity index (χ1v) is 9.38. The molecule has 2 aliphatic rings. The quantitative estimate of drug-likeness (QED) is 0.393. The highest BCUT2D eigenvalue weighted by atomic mass is 16.2. The summed E-state index contributed by atoms with van der Waals surface area (Å²) >= 11 is 0. The van der Waals surface area contributed by atoms with Crippen LogP contribution < -0.4 is 21.7 Å². The van der Waals surface area contributed by atoms with E-state index in [0.29, 0.717) is 44.5 Å². The summed E-state index contributed by atoms with van der Waals surface area (Å²) in [6.45, 7) is 0.892. The van der Waals surface area contributed by atoms with E-state index in [4.69, 9.17) is 5.73 Å². The van der Waals surface area contributed by atoms with Gasteiger partial charge in [0, 0.05) is 25.7 Å². The zero-order valence-electron chi connectivity index (χ0n) is 15.4. The zero-order valence-corrected chi connectivity index (χ0v) is 15.4. The van der Waals surface area contributed by atoms with Crippen molar-refractivity contribution in [3.8, 4) is 0 Å². The smallest absolute Gasteiger partial charge is 0.315 e. The van der Waals surface area contributed by atoms with Gasteiger partial charge in [-0.2, -0.15) is 0 Å². The lowest BCUT2D eigenvalue weighted by Gasteiger charge is -2.28. The van der Waals surface area contributed by atoms with Gasteiger partial charge in [0.2, 0.25) is 17.7 Å². The molecule has 6 N–H and O–H groups in total. The summed E-state index contributed by atoms with van der Waals surface area (Å²) in [5.41, 5.74) is 6.02. The third-order valence-electron chi connectivity index (χ3n) is 5.02. The van der Waals surface area contributed by atoms with Crippen molar-refractivity contribution in [1.82, 2.24) is 30.8 Å². The molecule has 3 rings (SSSR count). The van der Waals surface area contributed by atoms with E-state index in [1.165, 1.54) is 11.2 Å². The van der Waals surface area contributed by atoms with Gasteiger partial charge in [0.25, 0.3) is 0 Å². The van der Waals surface area contributed by atoms with Crippen molar-refractivity contribution >= 4 is 23.8 Å². The summed E-state index contributed by atoms with van der Waals surface area (Å²) in [6.07, 6.45) is 5.57. The van der Waals surface area contributed by atoms with Gasteiger partial charge < -0.3 is 31.6 Å². The first kappa shape index (κ1) is 19.6. The number of carbonyl (C=O) groups excluding carboxylic acids is 4. The topological polar surface area (TPSA) is 162 Å². The average Bonchev–Trinajstić information content (AvgIpc) is 3.30. The number of rotatable bonds is 6. The standard InChI is InChI=1S/C17H25N7O4/c18-14(25)13-4-2-6-24(13)16(27)12(7-10-8-19-9-21-10)22-15(26)11-3-1-5-20-17(28)23-11/h8-9,11-13H,1-7H2,(H2,18,25)(H,19,21)(H,22,26)(H2,20,23,28)/t11?,12-,13-/m0/s1. The van der Waals surface area contributed by atoms with Crippen molar-refractivity contribution in [3.63, 3.8) is 0 Å². The SMILES string of the molecule is NC(=O)[C@@H]1CCCN1C(=O)[C@H](Cc1c[nH]cn1)NC(=O)C1CCCNC(=O)N1. The van der Waals surface area contributed by atoms with E-state index in [1.54, 1.807) is 6.20 Å². The number of primary amides is 1. The van der Waals surface area contributed by atoms with E-state index in [1.807, 2.05) is 0 Å². The summed E-state index contributed by atoms with van der Waals surface area (Å²) < 4.78 is 0. The van der Waals surface area contributed by atoms with Crippen LogP contribution in [0.4, 0.5) is 4.79 Å². The number of nitrogens with one attached hydrogen (secondary N) is 4. The minimum atomic E-state index is -0.913. The van der Waals surface area contributed by atoms with Gasteiger partial charge in [-0.25, -0.2) is 9.78 Å². The van der Waals surface area contributed by atoms with Crippen molar-refractivity contribution in [2.24, 2.45) is 5.73 Å². The number of hydrogen-bond acceptors (Lipinski definition) is 5. The Bertz CT molecular complexity index is 736. The molecule has 11 heteroatoms. The molecule has 0 spiro atoms. The predicted octanol–water partition coefficient (Wildman–Crippen LogP) is -1.63. The summed E-state index contributed by atoms with van der Waals surface area (Å²) in [5, 5.41) is 7.96. The first-order valence-electron chi connectivity index (χ1n) is 9.38. The number of H-pyrrole nitrogens is 1. The van der Waals surface area contributed by atoms with Crippen LogP contribution in [0.15, 0.2) is 12.5 Å².